The second kappa shape index (κ2) is 43.1. The van der Waals surface area contributed by atoms with Crippen molar-refractivity contribution in [1.82, 2.24) is 0 Å². The second-order valence-corrected chi connectivity index (χ2v) is 11.6. The van der Waals surface area contributed by atoms with Crippen LogP contribution < -0.4 is 0 Å². The van der Waals surface area contributed by atoms with Gasteiger partial charge >= 0.3 is 0 Å². The first-order valence-corrected chi connectivity index (χ1v) is 18.6. The van der Waals surface area contributed by atoms with Crippen molar-refractivity contribution in [1.29, 1.82) is 0 Å². The molecule has 0 bridgehead atoms. The van der Waals surface area contributed by atoms with E-state index in [0.717, 1.165) is 25.9 Å². The number of hydrogen-bond donors (Lipinski definition) is 0. The molecule has 0 saturated carbocycles. The van der Waals surface area contributed by atoms with E-state index in [1.54, 1.807) is 14.0 Å². The SMILES string of the molecule is C=C(C)C(=O)CCCCCCCCCCCCOCCOCCOCCOCCOCCOCCOCCOCCOCCOCCOC. The Labute approximate surface area is 298 Å². The molecule has 0 atom stereocenters. The first kappa shape index (κ1) is 48.0. The van der Waals surface area contributed by atoms with Crippen molar-refractivity contribution in [3.63, 3.8) is 0 Å². The van der Waals surface area contributed by atoms with Crippen LogP contribution in [0.2, 0.25) is 0 Å². The summed E-state index contributed by atoms with van der Waals surface area (Å²) in [5.74, 6) is 0.213. The Kier molecular flexibility index (Phi) is 42.2. The second-order valence-electron chi connectivity index (χ2n) is 11.6. The molecule has 0 aromatic rings. The third-order valence-electron chi connectivity index (χ3n) is 7.20. The van der Waals surface area contributed by atoms with Crippen molar-refractivity contribution in [2.45, 2.75) is 77.6 Å². The highest BCUT2D eigenvalue weighted by Gasteiger charge is 2.01. The molecule has 0 radical (unpaired) electrons. The lowest BCUT2D eigenvalue weighted by Gasteiger charge is -2.09. The van der Waals surface area contributed by atoms with E-state index in [9.17, 15) is 4.79 Å². The van der Waals surface area contributed by atoms with Gasteiger partial charge in [0.05, 0.1) is 132 Å². The molecule has 0 amide bonds. The maximum atomic E-state index is 11.5. The van der Waals surface area contributed by atoms with Crippen LogP contribution in [0.15, 0.2) is 12.2 Å². The fraction of sp³-hybridized carbons (Fsp3) is 0.919. The molecule has 0 unspecified atom stereocenters. The third kappa shape index (κ3) is 43.1. The van der Waals surface area contributed by atoms with Crippen molar-refractivity contribution >= 4 is 5.78 Å². The third-order valence-corrected chi connectivity index (χ3v) is 7.20. The van der Waals surface area contributed by atoms with E-state index in [0.29, 0.717) is 144 Å². The van der Waals surface area contributed by atoms with E-state index in [1.165, 1.54) is 44.9 Å². The molecule has 0 rings (SSSR count). The molecule has 0 fully saturated rings. The summed E-state index contributed by atoms with van der Waals surface area (Å²) in [6, 6.07) is 0. The van der Waals surface area contributed by atoms with Gasteiger partial charge in [0.25, 0.3) is 0 Å². The number of carbonyl (C=O) groups excluding carboxylic acids is 1. The largest absolute Gasteiger partial charge is 0.382 e. The Morgan fingerprint density at radius 2 is 0.571 bits per heavy atom. The van der Waals surface area contributed by atoms with Gasteiger partial charge in [-0.05, 0) is 25.3 Å². The van der Waals surface area contributed by atoms with Crippen LogP contribution in [0.5, 0.6) is 0 Å². The molecule has 49 heavy (non-hydrogen) atoms. The van der Waals surface area contributed by atoms with Gasteiger partial charge in [0.1, 0.15) is 0 Å². The van der Waals surface area contributed by atoms with Gasteiger partial charge in [0, 0.05) is 20.1 Å². The Bertz CT molecular complexity index is 667. The molecule has 12 nitrogen and oxygen atoms in total. The van der Waals surface area contributed by atoms with Crippen LogP contribution in [0.25, 0.3) is 0 Å². The summed E-state index contributed by atoms with van der Waals surface area (Å²) >= 11 is 0. The first-order valence-electron chi connectivity index (χ1n) is 18.6. The average molecular weight is 709 g/mol. The van der Waals surface area contributed by atoms with Gasteiger partial charge < -0.3 is 52.1 Å². The molecule has 0 aliphatic carbocycles. The minimum absolute atomic E-state index is 0.213. The molecular formula is C37H72O12. The summed E-state index contributed by atoms with van der Waals surface area (Å²) in [6.45, 7) is 17.2. The van der Waals surface area contributed by atoms with E-state index < -0.39 is 0 Å². The Hall–Kier alpha value is -1.03. The number of carbonyl (C=O) groups is 1. The quantitative estimate of drug-likeness (QED) is 0.0609. The smallest absolute Gasteiger partial charge is 0.157 e. The molecule has 0 N–H and O–H groups in total. The maximum Gasteiger partial charge on any atom is 0.157 e. The molecule has 0 heterocycles. The number of Topliss-reactive ketones (excluding diaryl/α,β-unsaturated/α-hetero) is 1. The summed E-state index contributed by atoms with van der Waals surface area (Å²) in [5.41, 5.74) is 0.685. The molecule has 0 aliphatic heterocycles. The summed E-state index contributed by atoms with van der Waals surface area (Å²) < 4.78 is 59.7. The number of methoxy groups -OCH3 is 1. The summed E-state index contributed by atoms with van der Waals surface area (Å²) in [5, 5.41) is 0. The van der Waals surface area contributed by atoms with Crippen LogP contribution in [-0.2, 0) is 56.9 Å². The number of ether oxygens (including phenoxy) is 11. The van der Waals surface area contributed by atoms with Crippen LogP contribution in [0.3, 0.4) is 0 Å². The monoisotopic (exact) mass is 709 g/mol. The maximum absolute atomic E-state index is 11.5. The lowest BCUT2D eigenvalue weighted by Crippen LogP contribution is -2.15. The van der Waals surface area contributed by atoms with Crippen molar-refractivity contribution in [3.05, 3.63) is 12.2 Å². The number of hydrogen-bond acceptors (Lipinski definition) is 12. The highest BCUT2D eigenvalue weighted by molar-refractivity contribution is 5.93. The molecule has 0 aromatic heterocycles. The Balaban J connectivity index is 3.07. The van der Waals surface area contributed by atoms with Crippen LogP contribution >= 0.6 is 0 Å². The number of allylic oxidation sites excluding steroid dienone is 1. The van der Waals surface area contributed by atoms with Gasteiger partial charge in [-0.25, -0.2) is 0 Å². The van der Waals surface area contributed by atoms with Gasteiger partial charge in [-0.1, -0.05) is 57.9 Å². The highest BCUT2D eigenvalue weighted by atomic mass is 16.6. The van der Waals surface area contributed by atoms with Gasteiger partial charge in [0.2, 0.25) is 0 Å². The van der Waals surface area contributed by atoms with Gasteiger partial charge in [-0.2, -0.15) is 0 Å². The van der Waals surface area contributed by atoms with Crippen LogP contribution in [0.4, 0.5) is 0 Å². The Morgan fingerprint density at radius 3 is 0.837 bits per heavy atom. The van der Waals surface area contributed by atoms with Gasteiger partial charge in [-0.3, -0.25) is 4.79 Å². The fourth-order valence-corrected chi connectivity index (χ4v) is 4.34. The predicted molar refractivity (Wildman–Crippen MR) is 191 cm³/mol. The minimum atomic E-state index is 0.213. The normalized spacial score (nSPS) is 11.5. The predicted octanol–water partition coefficient (Wildman–Crippen LogP) is 5.24. The van der Waals surface area contributed by atoms with Crippen molar-refractivity contribution in [2.75, 3.05) is 146 Å². The van der Waals surface area contributed by atoms with E-state index in [1.807, 2.05) is 0 Å². The number of unbranched alkanes of at least 4 members (excludes halogenated alkanes) is 9. The molecular weight excluding hydrogens is 636 g/mol. The van der Waals surface area contributed by atoms with Crippen molar-refractivity contribution in [3.8, 4) is 0 Å². The zero-order valence-corrected chi connectivity index (χ0v) is 31.2. The average Bonchev–Trinajstić information content (AvgIpc) is 3.10. The molecule has 0 saturated heterocycles. The zero-order valence-electron chi connectivity index (χ0n) is 31.2. The summed E-state index contributed by atoms with van der Waals surface area (Å²) in [6.07, 6.45) is 12.8. The summed E-state index contributed by atoms with van der Waals surface area (Å²) in [7, 11) is 1.65. The first-order chi connectivity index (χ1) is 24.2. The molecule has 292 valence electrons. The summed E-state index contributed by atoms with van der Waals surface area (Å²) in [4.78, 5) is 11.5. The lowest BCUT2D eigenvalue weighted by molar-refractivity contribution is -0.115. The van der Waals surface area contributed by atoms with Crippen LogP contribution in [0, 0.1) is 0 Å². The van der Waals surface area contributed by atoms with E-state index in [4.69, 9.17) is 52.1 Å². The number of ketones is 1. The Morgan fingerprint density at radius 1 is 0.347 bits per heavy atom. The topological polar surface area (TPSA) is 119 Å². The highest BCUT2D eigenvalue weighted by Crippen LogP contribution is 2.12. The van der Waals surface area contributed by atoms with Gasteiger partial charge in [-0.15, -0.1) is 0 Å². The van der Waals surface area contributed by atoms with E-state index >= 15 is 0 Å². The standard InChI is InChI=1S/C37H72O12/c1-36(2)37(38)14-12-10-8-6-4-5-7-9-11-13-15-40-18-19-42-22-23-44-26-27-46-30-31-48-34-35-49-33-32-47-29-28-45-25-24-43-21-20-41-17-16-39-3/h1,4-35H2,2-3H3. The van der Waals surface area contributed by atoms with Gasteiger partial charge in [0.15, 0.2) is 5.78 Å². The van der Waals surface area contributed by atoms with Crippen molar-refractivity contribution in [2.24, 2.45) is 0 Å². The molecule has 0 aliphatic rings. The fourth-order valence-electron chi connectivity index (χ4n) is 4.34. The lowest BCUT2D eigenvalue weighted by atomic mass is 10.0. The zero-order chi connectivity index (χ0) is 35.6. The molecule has 0 spiro atoms. The minimum Gasteiger partial charge on any atom is -0.382 e. The molecule has 0 aromatic carbocycles. The van der Waals surface area contributed by atoms with E-state index in [-0.39, 0.29) is 5.78 Å². The van der Waals surface area contributed by atoms with Crippen LogP contribution in [-0.4, -0.2) is 152 Å². The van der Waals surface area contributed by atoms with Crippen molar-refractivity contribution < 1.29 is 56.9 Å². The molecule has 12 heteroatoms. The van der Waals surface area contributed by atoms with Crippen LogP contribution in [0.1, 0.15) is 77.6 Å². The number of rotatable bonds is 44. The van der Waals surface area contributed by atoms with E-state index in [2.05, 4.69) is 6.58 Å².